The summed E-state index contributed by atoms with van der Waals surface area (Å²) in [6.45, 7) is 3.18. The van der Waals surface area contributed by atoms with Crippen LogP contribution in [0.1, 0.15) is 40.8 Å². The summed E-state index contributed by atoms with van der Waals surface area (Å²) >= 11 is 0. The number of aryl methyl sites for hydroxylation is 1. The maximum absolute atomic E-state index is 12.6. The second-order valence-corrected chi connectivity index (χ2v) is 6.15. The number of carbonyl (C=O) groups excluding carboxylic acids is 1. The van der Waals surface area contributed by atoms with Crippen LogP contribution in [-0.4, -0.2) is 38.8 Å². The van der Waals surface area contributed by atoms with Gasteiger partial charge in [-0.05, 0) is 31.9 Å². The molecule has 3 heterocycles. The Labute approximate surface area is 139 Å². The fourth-order valence-electron chi connectivity index (χ4n) is 3.09. The third kappa shape index (κ3) is 2.75. The number of nitrogens with zero attached hydrogens (tertiary/aromatic N) is 4. The fourth-order valence-corrected chi connectivity index (χ4v) is 3.09. The van der Waals surface area contributed by atoms with Crippen LogP contribution < -0.4 is 0 Å². The van der Waals surface area contributed by atoms with Gasteiger partial charge < -0.3 is 9.32 Å². The summed E-state index contributed by atoms with van der Waals surface area (Å²) < 4.78 is 5.88. The molecule has 0 spiro atoms. The first kappa shape index (κ1) is 14.8. The Morgan fingerprint density at radius 3 is 2.92 bits per heavy atom. The lowest BCUT2D eigenvalue weighted by molar-refractivity contribution is 0.0692. The van der Waals surface area contributed by atoms with Crippen LogP contribution in [0.3, 0.4) is 0 Å². The van der Waals surface area contributed by atoms with Crippen molar-refractivity contribution in [1.29, 1.82) is 0 Å². The van der Waals surface area contributed by atoms with Crippen LogP contribution in [0.2, 0.25) is 0 Å². The highest BCUT2D eigenvalue weighted by Crippen LogP contribution is 2.29. The molecule has 1 unspecified atom stereocenters. The largest absolute Gasteiger partial charge is 0.440 e. The first-order valence-electron chi connectivity index (χ1n) is 8.14. The highest BCUT2D eigenvalue weighted by molar-refractivity contribution is 5.92. The number of aromatic nitrogens is 3. The minimum Gasteiger partial charge on any atom is -0.440 e. The number of likely N-dealkylation sites (tertiary alicyclic amines) is 1. The Kier molecular flexibility index (Phi) is 3.72. The summed E-state index contributed by atoms with van der Waals surface area (Å²) in [4.78, 5) is 27.4. The summed E-state index contributed by atoms with van der Waals surface area (Å²) in [6, 6.07) is 7.74. The van der Waals surface area contributed by atoms with E-state index in [9.17, 15) is 4.79 Å². The molecule has 0 radical (unpaired) electrons. The van der Waals surface area contributed by atoms with Gasteiger partial charge in [-0.3, -0.25) is 9.78 Å². The zero-order valence-electron chi connectivity index (χ0n) is 13.5. The SMILES string of the molecule is Cc1cnc(C(=O)N2CCCC(c3nc4ccccc4o3)C2)cn1. The molecule has 1 atom stereocenters. The summed E-state index contributed by atoms with van der Waals surface area (Å²) in [7, 11) is 0. The lowest BCUT2D eigenvalue weighted by atomic mass is 9.97. The van der Waals surface area contributed by atoms with Crippen LogP contribution in [0, 0.1) is 6.92 Å². The molecule has 0 saturated carbocycles. The van der Waals surface area contributed by atoms with Gasteiger partial charge in [-0.2, -0.15) is 0 Å². The second kappa shape index (κ2) is 6.03. The third-order valence-corrected chi connectivity index (χ3v) is 4.37. The molecular formula is C18H18N4O2. The molecule has 2 aromatic heterocycles. The molecule has 1 amide bonds. The van der Waals surface area contributed by atoms with Gasteiger partial charge >= 0.3 is 0 Å². The zero-order valence-corrected chi connectivity index (χ0v) is 13.5. The number of hydrogen-bond donors (Lipinski definition) is 0. The lowest BCUT2D eigenvalue weighted by Crippen LogP contribution is -2.39. The van der Waals surface area contributed by atoms with Gasteiger partial charge in [-0.15, -0.1) is 0 Å². The van der Waals surface area contributed by atoms with Gasteiger partial charge in [-0.25, -0.2) is 9.97 Å². The van der Waals surface area contributed by atoms with Crippen LogP contribution >= 0.6 is 0 Å². The van der Waals surface area contributed by atoms with Gasteiger partial charge in [0.15, 0.2) is 11.5 Å². The number of piperidine rings is 1. The van der Waals surface area contributed by atoms with E-state index < -0.39 is 0 Å². The molecule has 1 saturated heterocycles. The monoisotopic (exact) mass is 322 g/mol. The van der Waals surface area contributed by atoms with Crippen molar-refractivity contribution in [2.75, 3.05) is 13.1 Å². The van der Waals surface area contributed by atoms with Gasteiger partial charge in [-0.1, -0.05) is 12.1 Å². The Balaban J connectivity index is 1.54. The number of benzene rings is 1. The minimum absolute atomic E-state index is 0.0803. The van der Waals surface area contributed by atoms with Crippen LogP contribution in [-0.2, 0) is 0 Å². The summed E-state index contributed by atoms with van der Waals surface area (Å²) in [5, 5.41) is 0. The zero-order chi connectivity index (χ0) is 16.5. The molecule has 1 aliphatic heterocycles. The normalized spacial score (nSPS) is 18.0. The lowest BCUT2D eigenvalue weighted by Gasteiger charge is -2.30. The number of carbonyl (C=O) groups is 1. The smallest absolute Gasteiger partial charge is 0.274 e. The molecule has 24 heavy (non-hydrogen) atoms. The van der Waals surface area contributed by atoms with Crippen molar-refractivity contribution < 1.29 is 9.21 Å². The van der Waals surface area contributed by atoms with Crippen molar-refractivity contribution in [3.8, 4) is 0 Å². The fraction of sp³-hybridized carbons (Fsp3) is 0.333. The summed E-state index contributed by atoms with van der Waals surface area (Å²) in [6.07, 6.45) is 5.06. The number of amides is 1. The predicted molar refractivity (Wildman–Crippen MR) is 88.7 cm³/mol. The minimum atomic E-state index is -0.0803. The van der Waals surface area contributed by atoms with Gasteiger partial charge in [0.2, 0.25) is 0 Å². The number of hydrogen-bond acceptors (Lipinski definition) is 5. The third-order valence-electron chi connectivity index (χ3n) is 4.37. The molecule has 1 aromatic carbocycles. The molecular weight excluding hydrogens is 304 g/mol. The van der Waals surface area contributed by atoms with Gasteiger partial charge in [0.05, 0.1) is 17.8 Å². The van der Waals surface area contributed by atoms with Gasteiger partial charge in [0, 0.05) is 19.3 Å². The average Bonchev–Trinajstić information content (AvgIpc) is 3.06. The molecule has 6 nitrogen and oxygen atoms in total. The average molecular weight is 322 g/mol. The molecule has 1 aliphatic rings. The van der Waals surface area contributed by atoms with E-state index in [1.54, 1.807) is 12.4 Å². The van der Waals surface area contributed by atoms with E-state index >= 15 is 0 Å². The van der Waals surface area contributed by atoms with Crippen molar-refractivity contribution in [3.63, 3.8) is 0 Å². The van der Waals surface area contributed by atoms with E-state index in [1.807, 2.05) is 36.1 Å². The molecule has 6 heteroatoms. The van der Waals surface area contributed by atoms with Crippen molar-refractivity contribution >= 4 is 17.0 Å². The molecule has 3 aromatic rings. The molecule has 4 rings (SSSR count). The molecule has 122 valence electrons. The highest BCUT2D eigenvalue weighted by Gasteiger charge is 2.29. The first-order valence-corrected chi connectivity index (χ1v) is 8.14. The molecule has 0 aliphatic carbocycles. The van der Waals surface area contributed by atoms with Crippen LogP contribution in [0.25, 0.3) is 11.1 Å². The van der Waals surface area contributed by atoms with Gasteiger partial charge in [0.25, 0.3) is 5.91 Å². The second-order valence-electron chi connectivity index (χ2n) is 6.15. The van der Waals surface area contributed by atoms with E-state index in [1.165, 1.54) is 0 Å². The maximum Gasteiger partial charge on any atom is 0.274 e. The van der Waals surface area contributed by atoms with Crippen molar-refractivity contribution in [2.45, 2.75) is 25.7 Å². The van der Waals surface area contributed by atoms with Crippen molar-refractivity contribution in [2.24, 2.45) is 0 Å². The summed E-state index contributed by atoms with van der Waals surface area (Å²) in [5.41, 5.74) is 2.84. The van der Waals surface area contributed by atoms with Crippen LogP contribution in [0.4, 0.5) is 0 Å². The Bertz CT molecular complexity index is 839. The van der Waals surface area contributed by atoms with E-state index in [0.717, 1.165) is 36.2 Å². The first-order chi connectivity index (χ1) is 11.7. The number of oxazole rings is 1. The number of rotatable bonds is 2. The van der Waals surface area contributed by atoms with Crippen molar-refractivity contribution in [1.82, 2.24) is 19.9 Å². The summed E-state index contributed by atoms with van der Waals surface area (Å²) in [5.74, 6) is 0.750. The Morgan fingerprint density at radius 2 is 2.12 bits per heavy atom. The van der Waals surface area contributed by atoms with Crippen molar-refractivity contribution in [3.05, 3.63) is 53.9 Å². The van der Waals surface area contributed by atoms with E-state index in [2.05, 4.69) is 15.0 Å². The van der Waals surface area contributed by atoms with E-state index in [-0.39, 0.29) is 11.8 Å². The van der Waals surface area contributed by atoms with E-state index in [0.29, 0.717) is 18.1 Å². The number of para-hydroxylation sites is 2. The predicted octanol–water partition coefficient (Wildman–Crippen LogP) is 2.95. The molecule has 0 bridgehead atoms. The molecule has 1 fully saturated rings. The maximum atomic E-state index is 12.6. The van der Waals surface area contributed by atoms with Crippen LogP contribution in [0.15, 0.2) is 41.1 Å². The topological polar surface area (TPSA) is 72.1 Å². The standard InChI is InChI=1S/C18H18N4O2/c1-12-9-20-15(10-19-12)18(23)22-8-4-5-13(11-22)17-21-14-6-2-3-7-16(14)24-17/h2-3,6-7,9-10,13H,4-5,8,11H2,1H3. The molecule has 0 N–H and O–H groups in total. The van der Waals surface area contributed by atoms with Crippen LogP contribution in [0.5, 0.6) is 0 Å². The Hall–Kier alpha value is -2.76. The highest BCUT2D eigenvalue weighted by atomic mass is 16.3. The van der Waals surface area contributed by atoms with E-state index in [4.69, 9.17) is 4.42 Å². The number of fused-ring (bicyclic) bond motifs is 1. The van der Waals surface area contributed by atoms with Gasteiger partial charge in [0.1, 0.15) is 11.2 Å². The Morgan fingerprint density at radius 1 is 1.25 bits per heavy atom. The quantitative estimate of drug-likeness (QED) is 0.725.